The summed E-state index contributed by atoms with van der Waals surface area (Å²) >= 11 is 0. The lowest BCUT2D eigenvalue weighted by Crippen LogP contribution is -2.27. The van der Waals surface area contributed by atoms with Crippen LogP contribution in [0.5, 0.6) is 0 Å². The first-order chi connectivity index (χ1) is 8.15. The molecule has 1 aromatic rings. The molecule has 0 bridgehead atoms. The van der Waals surface area contributed by atoms with Crippen LogP contribution in [0.15, 0.2) is 12.3 Å². The molecule has 2 heterocycles. The highest BCUT2D eigenvalue weighted by molar-refractivity contribution is 5.93. The summed E-state index contributed by atoms with van der Waals surface area (Å²) in [6.45, 7) is 0.376. The van der Waals surface area contributed by atoms with Crippen molar-refractivity contribution in [3.8, 4) is 0 Å². The Morgan fingerprint density at radius 3 is 3.12 bits per heavy atom. The average Bonchev–Trinajstić information content (AvgIpc) is 2.87. The van der Waals surface area contributed by atoms with E-state index in [0.717, 1.165) is 6.42 Å². The van der Waals surface area contributed by atoms with Crippen molar-refractivity contribution in [2.75, 3.05) is 11.9 Å². The molecule has 0 unspecified atom stereocenters. The number of aliphatic carboxylic acids is 1. The third-order valence-corrected chi connectivity index (χ3v) is 2.41. The molecule has 1 aliphatic rings. The van der Waals surface area contributed by atoms with Crippen LogP contribution < -0.4 is 5.32 Å². The molecule has 0 aromatic carbocycles. The first-order valence-electron chi connectivity index (χ1n) is 5.33. The molecule has 1 amide bonds. The van der Waals surface area contributed by atoms with Crippen molar-refractivity contribution >= 4 is 17.7 Å². The summed E-state index contributed by atoms with van der Waals surface area (Å²) in [5.41, 5.74) is 0. The van der Waals surface area contributed by atoms with Gasteiger partial charge >= 0.3 is 5.97 Å². The minimum absolute atomic E-state index is 0.226. The summed E-state index contributed by atoms with van der Waals surface area (Å²) < 4.78 is 6.46. The minimum atomic E-state index is -0.981. The summed E-state index contributed by atoms with van der Waals surface area (Å²) in [6, 6.07) is 1.55. The van der Waals surface area contributed by atoms with Crippen LogP contribution in [0.4, 0.5) is 5.82 Å². The number of amides is 1. The Bertz CT molecular complexity index is 423. The number of carbonyl (C=O) groups is 2. The first-order valence-corrected chi connectivity index (χ1v) is 5.33. The van der Waals surface area contributed by atoms with Gasteiger partial charge in [0.05, 0.1) is 0 Å². The van der Waals surface area contributed by atoms with Gasteiger partial charge in [0.25, 0.3) is 5.91 Å². The zero-order chi connectivity index (χ0) is 12.3. The maximum atomic E-state index is 11.6. The maximum absolute atomic E-state index is 11.6. The lowest BCUT2D eigenvalue weighted by Gasteiger charge is -2.07. The zero-order valence-corrected chi connectivity index (χ0v) is 9.13. The fourth-order valence-electron chi connectivity index (χ4n) is 1.65. The van der Waals surface area contributed by atoms with Gasteiger partial charge in [0.2, 0.25) is 0 Å². The second kappa shape index (κ2) is 4.96. The van der Waals surface area contributed by atoms with Crippen LogP contribution in [0.1, 0.15) is 12.8 Å². The van der Waals surface area contributed by atoms with Crippen molar-refractivity contribution in [3.63, 3.8) is 0 Å². The molecule has 2 rings (SSSR count). The molecule has 0 aliphatic carbocycles. The highest BCUT2D eigenvalue weighted by Gasteiger charge is 2.23. The fraction of sp³-hybridized carbons (Fsp3) is 0.500. The number of anilines is 1. The average molecular weight is 239 g/mol. The fourth-order valence-corrected chi connectivity index (χ4v) is 1.65. The van der Waals surface area contributed by atoms with Crippen molar-refractivity contribution in [2.24, 2.45) is 0 Å². The molecule has 1 atom stereocenters. The van der Waals surface area contributed by atoms with E-state index in [1.165, 1.54) is 10.9 Å². The lowest BCUT2D eigenvalue weighted by molar-refractivity contribution is -0.137. The van der Waals surface area contributed by atoms with Gasteiger partial charge in [-0.25, -0.2) is 0 Å². The molecular formula is C10H13N3O4. The number of hydrogen-bond donors (Lipinski definition) is 2. The molecule has 7 heteroatoms. The van der Waals surface area contributed by atoms with Gasteiger partial charge in [-0.15, -0.1) is 0 Å². The first kappa shape index (κ1) is 11.6. The van der Waals surface area contributed by atoms with Crippen molar-refractivity contribution in [1.82, 2.24) is 9.78 Å². The molecule has 1 fully saturated rings. The van der Waals surface area contributed by atoms with E-state index in [4.69, 9.17) is 9.84 Å². The van der Waals surface area contributed by atoms with Gasteiger partial charge in [-0.05, 0) is 12.8 Å². The van der Waals surface area contributed by atoms with E-state index < -0.39 is 12.1 Å². The van der Waals surface area contributed by atoms with Crippen LogP contribution in [0.2, 0.25) is 0 Å². The summed E-state index contributed by atoms with van der Waals surface area (Å²) in [4.78, 5) is 22.1. The van der Waals surface area contributed by atoms with Gasteiger partial charge in [-0.3, -0.25) is 14.3 Å². The third kappa shape index (κ3) is 3.04. The Hall–Kier alpha value is -1.89. The van der Waals surface area contributed by atoms with Crippen molar-refractivity contribution in [3.05, 3.63) is 12.3 Å². The molecular weight excluding hydrogens is 226 g/mol. The van der Waals surface area contributed by atoms with E-state index in [2.05, 4.69) is 10.4 Å². The van der Waals surface area contributed by atoms with E-state index >= 15 is 0 Å². The quantitative estimate of drug-likeness (QED) is 0.776. The Balaban J connectivity index is 1.91. The van der Waals surface area contributed by atoms with Gasteiger partial charge in [0, 0.05) is 18.9 Å². The molecule has 1 saturated heterocycles. The SMILES string of the molecule is O=C(O)Cn1ccc(NC(=O)[C@@H]2CCCO2)n1. The Morgan fingerprint density at radius 2 is 2.47 bits per heavy atom. The van der Waals surface area contributed by atoms with Gasteiger partial charge in [0.1, 0.15) is 12.6 Å². The number of ether oxygens (including phenoxy) is 1. The lowest BCUT2D eigenvalue weighted by atomic mass is 10.2. The molecule has 0 radical (unpaired) electrons. The highest BCUT2D eigenvalue weighted by atomic mass is 16.5. The number of aromatic nitrogens is 2. The molecule has 1 aliphatic heterocycles. The summed E-state index contributed by atoms with van der Waals surface area (Å²) in [5.74, 6) is -0.875. The molecule has 92 valence electrons. The molecule has 1 aromatic heterocycles. The Morgan fingerprint density at radius 1 is 1.65 bits per heavy atom. The minimum Gasteiger partial charge on any atom is -0.480 e. The third-order valence-electron chi connectivity index (χ3n) is 2.41. The molecule has 2 N–H and O–H groups in total. The maximum Gasteiger partial charge on any atom is 0.325 e. The number of nitrogens with one attached hydrogen (secondary N) is 1. The molecule has 7 nitrogen and oxygen atoms in total. The van der Waals surface area contributed by atoms with Gasteiger partial charge < -0.3 is 15.2 Å². The summed E-state index contributed by atoms with van der Waals surface area (Å²) in [6.07, 6.45) is 2.67. The Kier molecular flexibility index (Phi) is 3.38. The molecule has 17 heavy (non-hydrogen) atoms. The van der Waals surface area contributed by atoms with Crippen LogP contribution in [0.25, 0.3) is 0 Å². The van der Waals surface area contributed by atoms with Crippen molar-refractivity contribution in [1.29, 1.82) is 0 Å². The zero-order valence-electron chi connectivity index (χ0n) is 9.13. The predicted molar refractivity (Wildman–Crippen MR) is 57.5 cm³/mol. The summed E-state index contributed by atoms with van der Waals surface area (Å²) in [7, 11) is 0. The highest BCUT2D eigenvalue weighted by Crippen LogP contribution is 2.14. The van der Waals surface area contributed by atoms with Crippen LogP contribution in [-0.2, 0) is 20.9 Å². The van der Waals surface area contributed by atoms with Crippen LogP contribution >= 0.6 is 0 Å². The Labute approximate surface area is 97.4 Å². The van der Waals surface area contributed by atoms with E-state index in [9.17, 15) is 9.59 Å². The largest absolute Gasteiger partial charge is 0.480 e. The number of rotatable bonds is 4. The topological polar surface area (TPSA) is 93.5 Å². The van der Waals surface area contributed by atoms with Gasteiger partial charge in [-0.2, -0.15) is 5.10 Å². The smallest absolute Gasteiger partial charge is 0.325 e. The van der Waals surface area contributed by atoms with Crippen molar-refractivity contribution < 1.29 is 19.4 Å². The number of carboxylic acids is 1. The van der Waals surface area contributed by atoms with Crippen molar-refractivity contribution in [2.45, 2.75) is 25.5 Å². The number of carbonyl (C=O) groups excluding carboxylic acids is 1. The van der Waals surface area contributed by atoms with Gasteiger partial charge in [-0.1, -0.05) is 0 Å². The molecule has 0 saturated carbocycles. The number of nitrogens with zero attached hydrogens (tertiary/aromatic N) is 2. The van der Waals surface area contributed by atoms with Crippen LogP contribution in [0.3, 0.4) is 0 Å². The monoisotopic (exact) mass is 239 g/mol. The van der Waals surface area contributed by atoms with E-state index in [1.807, 2.05) is 0 Å². The molecule has 0 spiro atoms. The standard InChI is InChI=1S/C10H13N3O4/c14-9(15)6-13-4-3-8(12-13)11-10(16)7-2-1-5-17-7/h3-4,7H,1-2,5-6H2,(H,14,15)(H,11,12,16)/t7-/m0/s1. The second-order valence-corrected chi connectivity index (χ2v) is 3.78. The van der Waals surface area contributed by atoms with Crippen LogP contribution in [-0.4, -0.2) is 39.5 Å². The number of hydrogen-bond acceptors (Lipinski definition) is 4. The van der Waals surface area contributed by atoms with Crippen LogP contribution in [0, 0.1) is 0 Å². The van der Waals surface area contributed by atoms with E-state index in [0.29, 0.717) is 18.8 Å². The number of carboxylic acid groups (broad SMARTS) is 1. The van der Waals surface area contributed by atoms with Gasteiger partial charge in [0.15, 0.2) is 5.82 Å². The summed E-state index contributed by atoms with van der Waals surface area (Å²) in [5, 5.41) is 15.1. The van der Waals surface area contributed by atoms with E-state index in [-0.39, 0.29) is 12.5 Å². The normalized spacial score (nSPS) is 19.2. The second-order valence-electron chi connectivity index (χ2n) is 3.78. The van der Waals surface area contributed by atoms with E-state index in [1.54, 1.807) is 6.07 Å². The predicted octanol–water partition coefficient (Wildman–Crippen LogP) is 0.0852.